The number of nitrogens with one attached hydrogen (secondary N) is 3. The molecule has 31 heavy (non-hydrogen) atoms. The molecule has 2 aromatic heterocycles. The summed E-state index contributed by atoms with van der Waals surface area (Å²) < 4.78 is 25.8. The van der Waals surface area contributed by atoms with Gasteiger partial charge < -0.3 is 15.4 Å². The fraction of sp³-hybridized carbons (Fsp3) is 0.476. The van der Waals surface area contributed by atoms with Crippen molar-refractivity contribution in [2.75, 3.05) is 22.9 Å². The lowest BCUT2D eigenvalue weighted by atomic mass is 9.96. The van der Waals surface area contributed by atoms with Gasteiger partial charge in [0.2, 0.25) is 21.9 Å². The topological polar surface area (TPSA) is 133 Å². The van der Waals surface area contributed by atoms with Crippen LogP contribution in [0.15, 0.2) is 30.5 Å². The normalized spacial score (nSPS) is 14.0. The summed E-state index contributed by atoms with van der Waals surface area (Å²) in [4.78, 5) is 16.2. The summed E-state index contributed by atoms with van der Waals surface area (Å²) in [5.41, 5.74) is 2.20. The van der Waals surface area contributed by atoms with Crippen LogP contribution in [-0.2, 0) is 16.4 Å². The highest BCUT2D eigenvalue weighted by Crippen LogP contribution is 2.24. The minimum Gasteiger partial charge on any atom is -0.394 e. The number of fused-ring (bicyclic) bond motifs is 1. The summed E-state index contributed by atoms with van der Waals surface area (Å²) in [7, 11) is -3.55. The molecule has 4 N–H and O–H groups in total. The number of aliphatic hydroxyl groups is 1. The molecule has 2 atom stereocenters. The highest BCUT2D eigenvalue weighted by atomic mass is 32.2. The van der Waals surface area contributed by atoms with E-state index in [0.717, 1.165) is 29.1 Å². The van der Waals surface area contributed by atoms with E-state index in [1.54, 1.807) is 0 Å². The Bertz CT molecular complexity index is 1130. The van der Waals surface area contributed by atoms with Gasteiger partial charge >= 0.3 is 0 Å². The zero-order valence-corrected chi connectivity index (χ0v) is 19.1. The van der Waals surface area contributed by atoms with Crippen molar-refractivity contribution in [2.45, 2.75) is 45.6 Å². The minimum absolute atomic E-state index is 0.0375. The van der Waals surface area contributed by atoms with Gasteiger partial charge in [0.25, 0.3) is 0 Å². The molecule has 0 aliphatic rings. The van der Waals surface area contributed by atoms with Gasteiger partial charge in [0.05, 0.1) is 18.9 Å². The Morgan fingerprint density at radius 2 is 1.84 bits per heavy atom. The van der Waals surface area contributed by atoms with E-state index in [9.17, 15) is 13.5 Å². The molecule has 3 aromatic rings. The van der Waals surface area contributed by atoms with E-state index >= 15 is 0 Å². The number of sulfonamides is 1. The van der Waals surface area contributed by atoms with Crippen molar-refractivity contribution in [1.29, 1.82) is 0 Å². The fourth-order valence-electron chi connectivity index (χ4n) is 3.49. The molecule has 1 unspecified atom stereocenters. The van der Waals surface area contributed by atoms with Crippen LogP contribution in [0.5, 0.6) is 0 Å². The summed E-state index contributed by atoms with van der Waals surface area (Å²) in [5.74, 6) is 1.13. The molecule has 0 radical (unpaired) electrons. The minimum atomic E-state index is -3.55. The molecular formula is C21H30N6O3S. The fourth-order valence-corrected chi connectivity index (χ4v) is 3.91. The number of hydrogen-bond donors (Lipinski definition) is 4. The third kappa shape index (κ3) is 6.63. The average molecular weight is 447 g/mol. The van der Waals surface area contributed by atoms with Crippen molar-refractivity contribution in [2.24, 2.45) is 5.92 Å². The smallest absolute Gasteiger partial charge is 0.241 e. The van der Waals surface area contributed by atoms with E-state index in [1.165, 1.54) is 0 Å². The highest BCUT2D eigenvalue weighted by Gasteiger charge is 2.17. The van der Waals surface area contributed by atoms with Crippen molar-refractivity contribution in [1.82, 2.24) is 19.9 Å². The van der Waals surface area contributed by atoms with E-state index in [-0.39, 0.29) is 30.5 Å². The molecule has 0 aliphatic heterocycles. The molecule has 2 heterocycles. The lowest BCUT2D eigenvalue weighted by Crippen LogP contribution is -2.27. The summed E-state index contributed by atoms with van der Waals surface area (Å²) in [6.07, 6.45) is 4.17. The highest BCUT2D eigenvalue weighted by molar-refractivity contribution is 7.91. The second-order valence-electron chi connectivity index (χ2n) is 8.36. The summed E-state index contributed by atoms with van der Waals surface area (Å²) in [6, 6.07) is 8.00. The van der Waals surface area contributed by atoms with E-state index in [4.69, 9.17) is 0 Å². The lowest BCUT2D eigenvalue weighted by molar-refractivity contribution is 0.259. The molecule has 9 nitrogen and oxygen atoms in total. The Kier molecular flexibility index (Phi) is 7.11. The Hall–Kier alpha value is -2.72. The van der Waals surface area contributed by atoms with Crippen LogP contribution in [0.1, 0.15) is 44.5 Å². The SMILES string of the molecule is CC(C)C[C@H](CO)Nc1nc(CC(C)c2ccc3[nH]ccc3c2)nc(NS(C)(=O)=O)n1. The quantitative estimate of drug-likeness (QED) is 0.376. The van der Waals surface area contributed by atoms with E-state index in [1.807, 2.05) is 18.3 Å². The van der Waals surface area contributed by atoms with E-state index in [2.05, 4.69) is 62.9 Å². The second-order valence-corrected chi connectivity index (χ2v) is 10.1. The number of aromatic nitrogens is 4. The largest absolute Gasteiger partial charge is 0.394 e. The van der Waals surface area contributed by atoms with Gasteiger partial charge in [0, 0.05) is 18.1 Å². The van der Waals surface area contributed by atoms with Crippen molar-refractivity contribution in [3.05, 3.63) is 41.9 Å². The van der Waals surface area contributed by atoms with Gasteiger partial charge in [-0.25, -0.2) is 8.42 Å². The van der Waals surface area contributed by atoms with Crippen LogP contribution >= 0.6 is 0 Å². The lowest BCUT2D eigenvalue weighted by Gasteiger charge is -2.19. The molecule has 0 spiro atoms. The molecule has 10 heteroatoms. The number of aliphatic hydroxyl groups excluding tert-OH is 1. The second kappa shape index (κ2) is 9.61. The van der Waals surface area contributed by atoms with Gasteiger partial charge in [-0.15, -0.1) is 0 Å². The van der Waals surface area contributed by atoms with Gasteiger partial charge in [-0.3, -0.25) is 4.72 Å². The maximum atomic E-state index is 11.7. The summed E-state index contributed by atoms with van der Waals surface area (Å²) in [5, 5.41) is 13.9. The first kappa shape index (κ1) is 23.0. The van der Waals surface area contributed by atoms with Gasteiger partial charge in [-0.05, 0) is 47.4 Å². The molecule has 0 bridgehead atoms. The maximum absolute atomic E-state index is 11.7. The molecule has 0 aliphatic carbocycles. The van der Waals surface area contributed by atoms with E-state index < -0.39 is 10.0 Å². The number of rotatable bonds is 10. The number of H-pyrrole nitrogens is 1. The van der Waals surface area contributed by atoms with Crippen molar-refractivity contribution >= 4 is 32.8 Å². The monoisotopic (exact) mass is 446 g/mol. The number of anilines is 2. The average Bonchev–Trinajstić information content (AvgIpc) is 3.13. The van der Waals surface area contributed by atoms with Crippen molar-refractivity contribution in [3.63, 3.8) is 0 Å². The first-order chi connectivity index (χ1) is 14.6. The number of aromatic amines is 1. The molecule has 0 saturated heterocycles. The van der Waals surface area contributed by atoms with Gasteiger partial charge in [-0.1, -0.05) is 26.8 Å². The number of benzene rings is 1. The third-order valence-electron chi connectivity index (χ3n) is 4.90. The van der Waals surface area contributed by atoms with Gasteiger partial charge in [0.15, 0.2) is 0 Å². The van der Waals surface area contributed by atoms with Crippen LogP contribution in [0.2, 0.25) is 0 Å². The van der Waals surface area contributed by atoms with Gasteiger partial charge in [-0.2, -0.15) is 15.0 Å². The predicted octanol–water partition coefficient (Wildman–Crippen LogP) is 2.89. The summed E-state index contributed by atoms with van der Waals surface area (Å²) in [6.45, 7) is 6.11. The Morgan fingerprint density at radius 3 is 2.52 bits per heavy atom. The molecule has 1 aromatic carbocycles. The zero-order chi connectivity index (χ0) is 22.6. The van der Waals surface area contributed by atoms with Crippen LogP contribution in [0.4, 0.5) is 11.9 Å². The van der Waals surface area contributed by atoms with Crippen LogP contribution in [0.3, 0.4) is 0 Å². The molecule has 3 rings (SSSR count). The van der Waals surface area contributed by atoms with Crippen LogP contribution in [-0.4, -0.2) is 52.4 Å². The summed E-state index contributed by atoms with van der Waals surface area (Å²) >= 11 is 0. The standard InChI is InChI=1S/C21H30N6O3S/c1-13(2)9-17(12-28)23-20-24-19(25-21(26-20)27-31(4,29)30)10-14(3)15-5-6-18-16(11-15)7-8-22-18/h5-8,11,13-14,17,22,28H,9-10,12H2,1-4H3,(H2,23,24,25,26,27)/t14?,17-/m1/s1. The van der Waals surface area contributed by atoms with Gasteiger partial charge in [0.1, 0.15) is 5.82 Å². The Morgan fingerprint density at radius 1 is 1.10 bits per heavy atom. The Balaban J connectivity index is 1.86. The first-order valence-corrected chi connectivity index (χ1v) is 12.2. The van der Waals surface area contributed by atoms with Crippen LogP contribution in [0, 0.1) is 5.92 Å². The number of hydrogen-bond acceptors (Lipinski definition) is 7. The number of nitrogens with zero attached hydrogens (tertiary/aromatic N) is 3. The molecule has 0 amide bonds. The van der Waals surface area contributed by atoms with Crippen LogP contribution < -0.4 is 10.0 Å². The molecular weight excluding hydrogens is 416 g/mol. The third-order valence-corrected chi connectivity index (χ3v) is 5.46. The van der Waals surface area contributed by atoms with Crippen molar-refractivity contribution < 1.29 is 13.5 Å². The van der Waals surface area contributed by atoms with Crippen LogP contribution in [0.25, 0.3) is 10.9 Å². The molecule has 168 valence electrons. The molecule has 0 saturated carbocycles. The first-order valence-electron chi connectivity index (χ1n) is 10.3. The van der Waals surface area contributed by atoms with E-state index in [0.29, 0.717) is 18.2 Å². The van der Waals surface area contributed by atoms with Crippen molar-refractivity contribution in [3.8, 4) is 0 Å². The zero-order valence-electron chi connectivity index (χ0n) is 18.3. The Labute approximate surface area is 182 Å². The predicted molar refractivity (Wildman–Crippen MR) is 123 cm³/mol. The maximum Gasteiger partial charge on any atom is 0.241 e. The molecule has 0 fully saturated rings.